The molecule has 17 heavy (non-hydrogen) atoms. The molecule has 1 heterocycles. The van der Waals surface area contributed by atoms with Crippen molar-refractivity contribution in [3.05, 3.63) is 35.1 Å². The van der Waals surface area contributed by atoms with Gasteiger partial charge < -0.3 is 5.32 Å². The lowest BCUT2D eigenvalue weighted by Crippen LogP contribution is -2.36. The molecule has 0 bridgehead atoms. The molecule has 2 atom stereocenters. The van der Waals surface area contributed by atoms with Crippen LogP contribution in [0.25, 0.3) is 0 Å². The number of piperidine rings is 1. The van der Waals surface area contributed by atoms with Crippen LogP contribution in [-0.2, 0) is 6.42 Å². The molecule has 0 spiro atoms. The molecule has 2 heteroatoms. The summed E-state index contributed by atoms with van der Waals surface area (Å²) in [7, 11) is 0. The lowest BCUT2D eigenvalue weighted by atomic mass is 9.89. The Balaban J connectivity index is 1.85. The number of hydrogen-bond acceptors (Lipinski definition) is 1. The van der Waals surface area contributed by atoms with Crippen LogP contribution in [0.2, 0.25) is 0 Å². The summed E-state index contributed by atoms with van der Waals surface area (Å²) in [6, 6.07) is 5.82. The van der Waals surface area contributed by atoms with Gasteiger partial charge in [-0.05, 0) is 75.3 Å². The molecule has 1 saturated heterocycles. The molecule has 0 aromatic heterocycles. The maximum absolute atomic E-state index is 13.0. The molecule has 0 radical (unpaired) electrons. The topological polar surface area (TPSA) is 12.0 Å². The fourth-order valence-electron chi connectivity index (χ4n) is 2.60. The summed E-state index contributed by atoms with van der Waals surface area (Å²) < 4.78 is 13.0. The van der Waals surface area contributed by atoms with Gasteiger partial charge in [0.1, 0.15) is 5.82 Å². The predicted molar refractivity (Wildman–Crippen MR) is 69.6 cm³/mol. The molecule has 1 aliphatic heterocycles. The Labute approximate surface area is 103 Å². The van der Waals surface area contributed by atoms with E-state index in [1.165, 1.54) is 24.8 Å². The minimum absolute atomic E-state index is 0.126. The van der Waals surface area contributed by atoms with E-state index in [1.807, 2.05) is 13.0 Å². The molecular weight excluding hydrogens is 213 g/mol. The zero-order chi connectivity index (χ0) is 12.3. The third kappa shape index (κ3) is 3.53. The van der Waals surface area contributed by atoms with E-state index < -0.39 is 0 Å². The Morgan fingerprint density at radius 2 is 2.18 bits per heavy atom. The zero-order valence-corrected chi connectivity index (χ0v) is 10.8. The first kappa shape index (κ1) is 12.6. The molecule has 1 aromatic rings. The highest BCUT2D eigenvalue weighted by molar-refractivity contribution is 5.26. The molecule has 0 aliphatic carbocycles. The van der Waals surface area contributed by atoms with E-state index in [-0.39, 0.29) is 5.82 Å². The first-order valence-corrected chi connectivity index (χ1v) is 6.63. The van der Waals surface area contributed by atoms with Crippen molar-refractivity contribution in [3.63, 3.8) is 0 Å². The number of benzene rings is 1. The Kier molecular flexibility index (Phi) is 4.16. The van der Waals surface area contributed by atoms with E-state index in [1.54, 1.807) is 12.1 Å². The van der Waals surface area contributed by atoms with Gasteiger partial charge in [0.15, 0.2) is 0 Å². The highest BCUT2D eigenvalue weighted by Crippen LogP contribution is 2.21. The lowest BCUT2D eigenvalue weighted by molar-refractivity contribution is 0.309. The van der Waals surface area contributed by atoms with Gasteiger partial charge in [-0.3, -0.25) is 0 Å². The van der Waals surface area contributed by atoms with Crippen LogP contribution in [0, 0.1) is 18.7 Å². The van der Waals surface area contributed by atoms with Gasteiger partial charge in [0.05, 0.1) is 0 Å². The minimum Gasteiger partial charge on any atom is -0.314 e. The SMILES string of the molecule is Cc1cc(F)ccc1CCC1CCC(C)NC1. The average molecular weight is 235 g/mol. The largest absolute Gasteiger partial charge is 0.314 e. The summed E-state index contributed by atoms with van der Waals surface area (Å²) in [5.74, 6) is 0.662. The predicted octanol–water partition coefficient (Wildman–Crippen LogP) is 3.45. The van der Waals surface area contributed by atoms with Crippen molar-refractivity contribution in [2.24, 2.45) is 5.92 Å². The van der Waals surface area contributed by atoms with Crippen LogP contribution in [0.4, 0.5) is 4.39 Å². The summed E-state index contributed by atoms with van der Waals surface area (Å²) >= 11 is 0. The van der Waals surface area contributed by atoms with Crippen LogP contribution in [-0.4, -0.2) is 12.6 Å². The number of aryl methyl sites for hydroxylation is 2. The van der Waals surface area contributed by atoms with Gasteiger partial charge in [0.2, 0.25) is 0 Å². The summed E-state index contributed by atoms with van der Waals surface area (Å²) in [5.41, 5.74) is 2.38. The van der Waals surface area contributed by atoms with E-state index >= 15 is 0 Å². The van der Waals surface area contributed by atoms with E-state index in [0.717, 1.165) is 24.4 Å². The third-order valence-electron chi connectivity index (χ3n) is 3.89. The summed E-state index contributed by atoms with van der Waals surface area (Å²) in [4.78, 5) is 0. The number of halogens is 1. The van der Waals surface area contributed by atoms with Crippen LogP contribution in [0.5, 0.6) is 0 Å². The van der Waals surface area contributed by atoms with Crippen molar-refractivity contribution in [2.45, 2.75) is 45.6 Å². The van der Waals surface area contributed by atoms with Crippen LogP contribution < -0.4 is 5.32 Å². The fourth-order valence-corrected chi connectivity index (χ4v) is 2.60. The van der Waals surface area contributed by atoms with E-state index in [2.05, 4.69) is 12.2 Å². The molecule has 1 aromatic carbocycles. The smallest absolute Gasteiger partial charge is 0.123 e. The number of hydrogen-bond donors (Lipinski definition) is 1. The molecule has 0 amide bonds. The van der Waals surface area contributed by atoms with Gasteiger partial charge in [-0.25, -0.2) is 4.39 Å². The second kappa shape index (κ2) is 5.63. The highest BCUT2D eigenvalue weighted by Gasteiger charge is 2.17. The summed E-state index contributed by atoms with van der Waals surface area (Å²) in [6.45, 7) is 5.39. The van der Waals surface area contributed by atoms with Crippen molar-refractivity contribution in [1.29, 1.82) is 0 Å². The maximum Gasteiger partial charge on any atom is 0.123 e. The van der Waals surface area contributed by atoms with Crippen LogP contribution in [0.3, 0.4) is 0 Å². The summed E-state index contributed by atoms with van der Waals surface area (Å²) in [6.07, 6.45) is 4.90. The molecular formula is C15H22FN. The maximum atomic E-state index is 13.0. The zero-order valence-electron chi connectivity index (χ0n) is 10.8. The minimum atomic E-state index is -0.126. The van der Waals surface area contributed by atoms with Crippen LogP contribution >= 0.6 is 0 Å². The van der Waals surface area contributed by atoms with E-state index in [4.69, 9.17) is 0 Å². The standard InChI is InChI=1S/C15H22FN/c1-11-9-15(16)8-7-14(11)6-5-13-4-3-12(2)17-10-13/h7-9,12-13,17H,3-6,10H2,1-2H3. The Hall–Kier alpha value is -0.890. The molecule has 1 nitrogen and oxygen atoms in total. The van der Waals surface area contributed by atoms with Crippen molar-refractivity contribution in [3.8, 4) is 0 Å². The molecule has 2 unspecified atom stereocenters. The van der Waals surface area contributed by atoms with Gasteiger partial charge in [0, 0.05) is 6.04 Å². The van der Waals surface area contributed by atoms with Crippen molar-refractivity contribution >= 4 is 0 Å². The lowest BCUT2D eigenvalue weighted by Gasteiger charge is -2.27. The van der Waals surface area contributed by atoms with E-state index in [0.29, 0.717) is 6.04 Å². The van der Waals surface area contributed by atoms with Gasteiger partial charge in [-0.15, -0.1) is 0 Å². The highest BCUT2D eigenvalue weighted by atomic mass is 19.1. The fraction of sp³-hybridized carbons (Fsp3) is 0.600. The second-order valence-corrected chi connectivity index (χ2v) is 5.36. The second-order valence-electron chi connectivity index (χ2n) is 5.36. The van der Waals surface area contributed by atoms with Crippen molar-refractivity contribution in [2.75, 3.05) is 6.54 Å². The Bertz CT molecular complexity index is 367. The van der Waals surface area contributed by atoms with Crippen molar-refractivity contribution < 1.29 is 4.39 Å². The first-order chi connectivity index (χ1) is 8.15. The van der Waals surface area contributed by atoms with Gasteiger partial charge in [-0.1, -0.05) is 6.07 Å². The number of nitrogens with one attached hydrogen (secondary N) is 1. The molecule has 1 N–H and O–H groups in total. The van der Waals surface area contributed by atoms with Gasteiger partial charge in [0.25, 0.3) is 0 Å². The summed E-state index contributed by atoms with van der Waals surface area (Å²) in [5, 5.41) is 3.53. The molecule has 0 saturated carbocycles. The number of rotatable bonds is 3. The normalized spacial score (nSPS) is 24.9. The monoisotopic (exact) mass is 235 g/mol. The first-order valence-electron chi connectivity index (χ1n) is 6.63. The molecule has 1 fully saturated rings. The van der Waals surface area contributed by atoms with Gasteiger partial charge >= 0.3 is 0 Å². The molecule has 2 rings (SSSR count). The van der Waals surface area contributed by atoms with Gasteiger partial charge in [-0.2, -0.15) is 0 Å². The Morgan fingerprint density at radius 3 is 2.82 bits per heavy atom. The van der Waals surface area contributed by atoms with Crippen LogP contribution in [0.15, 0.2) is 18.2 Å². The van der Waals surface area contributed by atoms with E-state index in [9.17, 15) is 4.39 Å². The Morgan fingerprint density at radius 1 is 1.35 bits per heavy atom. The van der Waals surface area contributed by atoms with Crippen molar-refractivity contribution in [1.82, 2.24) is 5.32 Å². The van der Waals surface area contributed by atoms with Crippen LogP contribution in [0.1, 0.15) is 37.3 Å². The third-order valence-corrected chi connectivity index (χ3v) is 3.89. The quantitative estimate of drug-likeness (QED) is 0.846. The molecule has 94 valence electrons. The molecule has 1 aliphatic rings. The average Bonchev–Trinajstić information content (AvgIpc) is 2.30.